The van der Waals surface area contributed by atoms with Crippen LogP contribution in [0.2, 0.25) is 0 Å². The summed E-state index contributed by atoms with van der Waals surface area (Å²) in [6.45, 7) is 2.50. The summed E-state index contributed by atoms with van der Waals surface area (Å²) in [5, 5.41) is 28.8. The Balaban J connectivity index is 1.85. The van der Waals surface area contributed by atoms with Crippen LogP contribution in [0.3, 0.4) is 0 Å². The van der Waals surface area contributed by atoms with Crippen molar-refractivity contribution in [3.63, 3.8) is 0 Å². The number of rotatable bonds is 20. The Hall–Kier alpha value is -0.460. The smallest absolute Gasteiger partial charge is 0.114 e. The molecule has 3 N–H and O–H groups in total. The first-order chi connectivity index (χ1) is 14.7. The van der Waals surface area contributed by atoms with Crippen molar-refractivity contribution >= 4 is 0 Å². The van der Waals surface area contributed by atoms with Gasteiger partial charge >= 0.3 is 0 Å². The van der Waals surface area contributed by atoms with E-state index in [1.807, 2.05) is 6.08 Å². The average Bonchev–Trinajstić information content (AvgIpc) is 3.08. The highest BCUT2D eigenvalue weighted by atomic mass is 16.6. The van der Waals surface area contributed by atoms with Gasteiger partial charge in [0.05, 0.1) is 19.8 Å². The molecule has 0 saturated carbocycles. The van der Waals surface area contributed by atoms with E-state index in [0.717, 1.165) is 6.42 Å². The second-order valence-corrected chi connectivity index (χ2v) is 8.77. The molecule has 0 aromatic carbocycles. The van der Waals surface area contributed by atoms with Crippen LogP contribution in [0.5, 0.6) is 0 Å². The minimum absolute atomic E-state index is 0.0840. The zero-order valence-electron chi connectivity index (χ0n) is 19.4. The van der Waals surface area contributed by atoms with Crippen LogP contribution < -0.4 is 0 Å². The van der Waals surface area contributed by atoms with E-state index in [1.54, 1.807) is 0 Å². The Kier molecular flexibility index (Phi) is 17.7. The fourth-order valence-electron chi connectivity index (χ4n) is 4.03. The number of allylic oxidation sites excluding steroid dienone is 1. The van der Waals surface area contributed by atoms with E-state index in [1.165, 1.54) is 89.9 Å². The van der Waals surface area contributed by atoms with Gasteiger partial charge in [0.25, 0.3) is 0 Å². The van der Waals surface area contributed by atoms with Crippen molar-refractivity contribution in [2.75, 3.05) is 19.8 Å². The third-order valence-electron chi connectivity index (χ3n) is 6.03. The van der Waals surface area contributed by atoms with Crippen LogP contribution in [0.25, 0.3) is 0 Å². The van der Waals surface area contributed by atoms with Gasteiger partial charge in [0, 0.05) is 0 Å². The molecule has 1 rings (SSSR count). The Labute approximate surface area is 184 Å². The molecule has 1 aliphatic rings. The van der Waals surface area contributed by atoms with Crippen LogP contribution in [-0.4, -0.2) is 59.6 Å². The summed E-state index contributed by atoms with van der Waals surface area (Å²) in [5.74, 6) is 0. The van der Waals surface area contributed by atoms with Gasteiger partial charge in [0.1, 0.15) is 24.4 Å². The molecular weight excluding hydrogens is 380 g/mol. The quantitative estimate of drug-likeness (QED) is 0.190. The molecule has 4 atom stereocenters. The number of ether oxygens (including phenoxy) is 2. The van der Waals surface area contributed by atoms with E-state index in [2.05, 4.69) is 13.0 Å². The molecule has 0 bridgehead atoms. The zero-order chi connectivity index (χ0) is 21.9. The lowest BCUT2D eigenvalue weighted by Gasteiger charge is -2.23. The van der Waals surface area contributed by atoms with Crippen molar-refractivity contribution in [2.24, 2.45) is 0 Å². The summed E-state index contributed by atoms with van der Waals surface area (Å²) in [5.41, 5.74) is 0. The van der Waals surface area contributed by atoms with Crippen molar-refractivity contribution in [3.05, 3.63) is 12.2 Å². The second kappa shape index (κ2) is 19.2. The highest BCUT2D eigenvalue weighted by Crippen LogP contribution is 2.19. The fraction of sp³-hybridized carbons (Fsp3) is 0.920. The third kappa shape index (κ3) is 13.1. The van der Waals surface area contributed by atoms with Gasteiger partial charge < -0.3 is 24.8 Å². The largest absolute Gasteiger partial charge is 0.394 e. The molecule has 0 aromatic rings. The molecule has 178 valence electrons. The maximum Gasteiger partial charge on any atom is 0.114 e. The first-order valence-electron chi connectivity index (χ1n) is 12.6. The summed E-state index contributed by atoms with van der Waals surface area (Å²) in [4.78, 5) is 0. The van der Waals surface area contributed by atoms with Gasteiger partial charge in [-0.1, -0.05) is 103 Å². The van der Waals surface area contributed by atoms with Crippen LogP contribution in [0.1, 0.15) is 103 Å². The Morgan fingerprint density at radius 1 is 0.833 bits per heavy atom. The normalized spacial score (nSPS) is 22.9. The van der Waals surface area contributed by atoms with Gasteiger partial charge in [-0.2, -0.15) is 0 Å². The molecule has 30 heavy (non-hydrogen) atoms. The monoisotopic (exact) mass is 428 g/mol. The highest BCUT2D eigenvalue weighted by Gasteiger charge is 2.40. The van der Waals surface area contributed by atoms with Crippen molar-refractivity contribution in [3.8, 4) is 0 Å². The summed E-state index contributed by atoms with van der Waals surface area (Å²) >= 11 is 0. The van der Waals surface area contributed by atoms with Gasteiger partial charge in [0.2, 0.25) is 0 Å². The number of hydrogen-bond donors (Lipinski definition) is 3. The summed E-state index contributed by atoms with van der Waals surface area (Å²) in [7, 11) is 0. The van der Waals surface area contributed by atoms with E-state index in [9.17, 15) is 15.3 Å². The molecule has 0 radical (unpaired) electrons. The predicted molar refractivity (Wildman–Crippen MR) is 123 cm³/mol. The lowest BCUT2D eigenvalue weighted by molar-refractivity contribution is -0.0942. The minimum atomic E-state index is -0.998. The molecule has 0 aliphatic carbocycles. The Morgan fingerprint density at radius 2 is 1.37 bits per heavy atom. The van der Waals surface area contributed by atoms with Crippen molar-refractivity contribution in [1.29, 1.82) is 0 Å². The minimum Gasteiger partial charge on any atom is -0.394 e. The second-order valence-electron chi connectivity index (χ2n) is 8.77. The van der Waals surface area contributed by atoms with E-state index < -0.39 is 24.4 Å². The summed E-state index contributed by atoms with van der Waals surface area (Å²) in [6.07, 6.45) is 21.2. The maximum absolute atomic E-state index is 9.83. The van der Waals surface area contributed by atoms with Crippen LogP contribution in [0.15, 0.2) is 12.2 Å². The molecule has 0 amide bonds. The molecule has 1 fully saturated rings. The van der Waals surface area contributed by atoms with Crippen LogP contribution >= 0.6 is 0 Å². The first-order valence-corrected chi connectivity index (χ1v) is 12.6. The number of unbranched alkanes of at least 4 members (excludes halogenated alkanes) is 14. The SMILES string of the molecule is CCCCCCCCCCCCCCCC/C=C/CO[C@H](CO)[C@@H]1OC[C@H](O)[C@@H]1O. The molecule has 0 aromatic heterocycles. The number of hydrogen-bond acceptors (Lipinski definition) is 5. The molecule has 5 nitrogen and oxygen atoms in total. The van der Waals surface area contributed by atoms with Crippen LogP contribution in [0.4, 0.5) is 0 Å². The van der Waals surface area contributed by atoms with E-state index >= 15 is 0 Å². The zero-order valence-corrected chi connectivity index (χ0v) is 19.4. The van der Waals surface area contributed by atoms with E-state index in [-0.39, 0.29) is 13.2 Å². The van der Waals surface area contributed by atoms with Gasteiger partial charge in [-0.3, -0.25) is 0 Å². The highest BCUT2D eigenvalue weighted by molar-refractivity contribution is 4.89. The molecular formula is C25H48O5. The van der Waals surface area contributed by atoms with Crippen molar-refractivity contribution < 1.29 is 24.8 Å². The Bertz CT molecular complexity index is 401. The number of aliphatic hydroxyl groups is 3. The molecule has 0 unspecified atom stereocenters. The molecule has 1 aliphatic heterocycles. The molecule has 1 heterocycles. The molecule has 1 saturated heterocycles. The Morgan fingerprint density at radius 3 is 1.83 bits per heavy atom. The fourth-order valence-corrected chi connectivity index (χ4v) is 4.03. The third-order valence-corrected chi connectivity index (χ3v) is 6.03. The first kappa shape index (κ1) is 27.6. The van der Waals surface area contributed by atoms with Gasteiger partial charge in [-0.15, -0.1) is 0 Å². The standard InChI is InChI=1S/C25H48O5/c1-2-3-4-5-6-7-8-9-10-11-12-13-14-15-16-17-18-19-29-23(20-26)25-24(28)22(27)21-30-25/h17-18,22-28H,2-16,19-21H2,1H3/b18-17+/t22-,23+,24-,25-/m0/s1. The topological polar surface area (TPSA) is 79.2 Å². The molecule has 0 spiro atoms. The average molecular weight is 429 g/mol. The van der Waals surface area contributed by atoms with Gasteiger partial charge in [0.15, 0.2) is 0 Å². The maximum atomic E-state index is 9.83. The van der Waals surface area contributed by atoms with Crippen LogP contribution in [0, 0.1) is 0 Å². The summed E-state index contributed by atoms with van der Waals surface area (Å²) < 4.78 is 10.9. The molecule has 5 heteroatoms. The van der Waals surface area contributed by atoms with E-state index in [0.29, 0.717) is 6.61 Å². The van der Waals surface area contributed by atoms with Crippen molar-refractivity contribution in [1.82, 2.24) is 0 Å². The van der Waals surface area contributed by atoms with Crippen molar-refractivity contribution in [2.45, 2.75) is 128 Å². The predicted octanol–water partition coefficient (Wildman–Crippen LogP) is 4.91. The van der Waals surface area contributed by atoms with Gasteiger partial charge in [-0.05, 0) is 12.8 Å². The lowest BCUT2D eigenvalue weighted by atomic mass is 10.0. The summed E-state index contributed by atoms with van der Waals surface area (Å²) in [6, 6.07) is 0. The number of aliphatic hydroxyl groups excluding tert-OH is 3. The van der Waals surface area contributed by atoms with Crippen LogP contribution in [-0.2, 0) is 9.47 Å². The van der Waals surface area contributed by atoms with E-state index in [4.69, 9.17) is 9.47 Å². The lowest BCUT2D eigenvalue weighted by Crippen LogP contribution is -2.42. The van der Waals surface area contributed by atoms with Gasteiger partial charge in [-0.25, -0.2) is 0 Å².